The molecule has 29 heavy (non-hydrogen) atoms. The lowest BCUT2D eigenvalue weighted by Crippen LogP contribution is -2.51. The molecule has 2 aliphatic heterocycles. The Morgan fingerprint density at radius 1 is 0.897 bits per heavy atom. The van der Waals surface area contributed by atoms with Gasteiger partial charge >= 0.3 is 6.03 Å². The van der Waals surface area contributed by atoms with Crippen LogP contribution in [0.2, 0.25) is 0 Å². The van der Waals surface area contributed by atoms with Crippen LogP contribution in [0.15, 0.2) is 30.3 Å². The zero-order valence-corrected chi connectivity index (χ0v) is 17.6. The van der Waals surface area contributed by atoms with Gasteiger partial charge in [-0.2, -0.15) is 0 Å². The van der Waals surface area contributed by atoms with Gasteiger partial charge in [0.15, 0.2) is 0 Å². The highest BCUT2D eigenvalue weighted by molar-refractivity contribution is 5.81. The molecule has 5 heteroatoms. The lowest BCUT2D eigenvalue weighted by Gasteiger charge is -2.39. The highest BCUT2D eigenvalue weighted by atomic mass is 16.2. The standard InChI is InChI=1S/C24H35N3O2/c28-22(20-10-9-17-27(18-20)23(29)26-15-7-8-16-26)25-19-24(13-5-2-6-14-24)21-11-3-1-4-12-21/h1,3-4,11-12,20H,2,5-10,13-19H2,(H,25,28). The predicted molar refractivity (Wildman–Crippen MR) is 115 cm³/mol. The highest BCUT2D eigenvalue weighted by Crippen LogP contribution is 2.39. The predicted octanol–water partition coefficient (Wildman–Crippen LogP) is 3.93. The van der Waals surface area contributed by atoms with Gasteiger partial charge in [-0.1, -0.05) is 49.6 Å². The summed E-state index contributed by atoms with van der Waals surface area (Å²) in [6.45, 7) is 3.80. The van der Waals surface area contributed by atoms with Gasteiger partial charge in [0.1, 0.15) is 0 Å². The van der Waals surface area contributed by atoms with Gasteiger partial charge < -0.3 is 15.1 Å². The summed E-state index contributed by atoms with van der Waals surface area (Å²) in [5, 5.41) is 3.30. The fourth-order valence-corrected chi connectivity index (χ4v) is 5.46. The second-order valence-electron chi connectivity index (χ2n) is 9.19. The van der Waals surface area contributed by atoms with Gasteiger partial charge in [-0.15, -0.1) is 0 Å². The van der Waals surface area contributed by atoms with Gasteiger partial charge in [-0.05, 0) is 44.1 Å². The number of likely N-dealkylation sites (tertiary alicyclic amines) is 2. The molecule has 2 saturated heterocycles. The Morgan fingerprint density at radius 2 is 1.59 bits per heavy atom. The first kappa shape index (κ1) is 20.2. The zero-order valence-electron chi connectivity index (χ0n) is 17.6. The van der Waals surface area contributed by atoms with Crippen LogP contribution in [-0.4, -0.2) is 54.5 Å². The van der Waals surface area contributed by atoms with Crippen LogP contribution in [0.1, 0.15) is 63.4 Å². The third kappa shape index (κ3) is 4.59. The van der Waals surface area contributed by atoms with Gasteiger partial charge in [0.25, 0.3) is 0 Å². The molecule has 0 spiro atoms. The zero-order chi connectivity index (χ0) is 20.1. The summed E-state index contributed by atoms with van der Waals surface area (Å²) >= 11 is 0. The van der Waals surface area contributed by atoms with Crippen molar-refractivity contribution in [1.82, 2.24) is 15.1 Å². The summed E-state index contributed by atoms with van der Waals surface area (Å²) in [4.78, 5) is 29.6. The molecule has 158 valence electrons. The summed E-state index contributed by atoms with van der Waals surface area (Å²) in [6.07, 6.45) is 10.0. The fraction of sp³-hybridized carbons (Fsp3) is 0.667. The van der Waals surface area contributed by atoms with Crippen molar-refractivity contribution in [3.05, 3.63) is 35.9 Å². The lowest BCUT2D eigenvalue weighted by molar-refractivity contribution is -0.126. The number of benzene rings is 1. The molecule has 1 unspecified atom stereocenters. The number of carbonyl (C=O) groups excluding carboxylic acids is 2. The first-order valence-electron chi connectivity index (χ1n) is 11.6. The molecule has 0 bridgehead atoms. The fourth-order valence-electron chi connectivity index (χ4n) is 5.46. The number of amides is 3. The SMILES string of the molecule is O=C(NCC1(c2ccccc2)CCCCC1)C1CCCN(C(=O)N2CCCC2)C1. The van der Waals surface area contributed by atoms with Gasteiger partial charge in [-0.25, -0.2) is 4.79 Å². The molecule has 1 aliphatic carbocycles. The number of hydrogen-bond donors (Lipinski definition) is 1. The largest absolute Gasteiger partial charge is 0.355 e. The summed E-state index contributed by atoms with van der Waals surface area (Å²) in [5.74, 6) is 0.0523. The molecule has 0 radical (unpaired) electrons. The average Bonchev–Trinajstić information content (AvgIpc) is 3.33. The van der Waals surface area contributed by atoms with Gasteiger partial charge in [0, 0.05) is 38.1 Å². The topological polar surface area (TPSA) is 52.7 Å². The van der Waals surface area contributed by atoms with E-state index in [0.717, 1.165) is 58.2 Å². The summed E-state index contributed by atoms with van der Waals surface area (Å²) < 4.78 is 0. The van der Waals surface area contributed by atoms with Crippen LogP contribution in [0.4, 0.5) is 4.79 Å². The van der Waals surface area contributed by atoms with E-state index in [0.29, 0.717) is 13.1 Å². The lowest BCUT2D eigenvalue weighted by atomic mass is 9.69. The van der Waals surface area contributed by atoms with Gasteiger partial charge in [0.2, 0.25) is 5.91 Å². The van der Waals surface area contributed by atoms with E-state index < -0.39 is 0 Å². The van der Waals surface area contributed by atoms with Crippen LogP contribution in [0.25, 0.3) is 0 Å². The van der Waals surface area contributed by atoms with E-state index in [1.165, 1.54) is 24.8 Å². The van der Waals surface area contributed by atoms with Crippen LogP contribution in [-0.2, 0) is 10.2 Å². The highest BCUT2D eigenvalue weighted by Gasteiger charge is 2.36. The third-order valence-electron chi connectivity index (χ3n) is 7.24. The number of nitrogens with one attached hydrogen (secondary N) is 1. The maximum absolute atomic E-state index is 13.0. The van der Waals surface area contributed by atoms with Crippen LogP contribution in [0.3, 0.4) is 0 Å². The van der Waals surface area contributed by atoms with Crippen molar-refractivity contribution in [3.63, 3.8) is 0 Å². The quantitative estimate of drug-likeness (QED) is 0.837. The van der Waals surface area contributed by atoms with Crippen molar-refractivity contribution in [1.29, 1.82) is 0 Å². The number of rotatable bonds is 4. The van der Waals surface area contributed by atoms with E-state index in [-0.39, 0.29) is 23.3 Å². The summed E-state index contributed by atoms with van der Waals surface area (Å²) in [6, 6.07) is 10.8. The molecule has 1 N–H and O–H groups in total. The van der Waals surface area contributed by atoms with Crippen LogP contribution in [0, 0.1) is 5.92 Å². The average molecular weight is 398 g/mol. The number of piperidine rings is 1. The minimum atomic E-state index is -0.0771. The maximum Gasteiger partial charge on any atom is 0.320 e. The molecule has 1 aromatic rings. The normalized spacial score (nSPS) is 24.3. The molecule has 0 aromatic heterocycles. The second-order valence-corrected chi connectivity index (χ2v) is 9.19. The van der Waals surface area contributed by atoms with Crippen LogP contribution < -0.4 is 5.32 Å². The molecule has 1 aromatic carbocycles. The maximum atomic E-state index is 13.0. The Labute approximate surface area is 174 Å². The van der Waals surface area contributed by atoms with Crippen LogP contribution in [0.5, 0.6) is 0 Å². The minimum absolute atomic E-state index is 0.0644. The number of urea groups is 1. The number of hydrogen-bond acceptors (Lipinski definition) is 2. The Kier molecular flexibility index (Phi) is 6.41. The Hall–Kier alpha value is -2.04. The third-order valence-corrected chi connectivity index (χ3v) is 7.24. The van der Waals surface area contributed by atoms with E-state index in [1.807, 2.05) is 9.80 Å². The van der Waals surface area contributed by atoms with Crippen molar-refractivity contribution in [3.8, 4) is 0 Å². The minimum Gasteiger partial charge on any atom is -0.355 e. The molecule has 3 aliphatic rings. The van der Waals surface area contributed by atoms with E-state index in [2.05, 4.69) is 35.6 Å². The van der Waals surface area contributed by atoms with Crippen molar-refractivity contribution in [2.24, 2.45) is 5.92 Å². The molecule has 1 atom stereocenters. The van der Waals surface area contributed by atoms with E-state index in [9.17, 15) is 9.59 Å². The monoisotopic (exact) mass is 397 g/mol. The van der Waals surface area contributed by atoms with E-state index in [4.69, 9.17) is 0 Å². The van der Waals surface area contributed by atoms with Gasteiger partial charge in [0.05, 0.1) is 5.92 Å². The van der Waals surface area contributed by atoms with Crippen molar-refractivity contribution in [2.45, 2.75) is 63.2 Å². The van der Waals surface area contributed by atoms with Crippen molar-refractivity contribution < 1.29 is 9.59 Å². The summed E-state index contributed by atoms with van der Waals surface area (Å²) in [5.41, 5.74) is 1.42. The molecular formula is C24H35N3O2. The first-order valence-corrected chi connectivity index (χ1v) is 11.6. The van der Waals surface area contributed by atoms with E-state index in [1.54, 1.807) is 0 Å². The van der Waals surface area contributed by atoms with Crippen molar-refractivity contribution in [2.75, 3.05) is 32.7 Å². The molecular weight excluding hydrogens is 362 g/mol. The molecule has 3 fully saturated rings. The van der Waals surface area contributed by atoms with Crippen molar-refractivity contribution >= 4 is 11.9 Å². The molecule has 3 amide bonds. The smallest absolute Gasteiger partial charge is 0.320 e. The molecule has 4 rings (SSSR count). The Bertz CT molecular complexity index is 693. The van der Waals surface area contributed by atoms with E-state index >= 15 is 0 Å². The molecule has 2 heterocycles. The number of nitrogens with zero attached hydrogens (tertiary/aromatic N) is 2. The summed E-state index contributed by atoms with van der Waals surface area (Å²) in [7, 11) is 0. The Balaban J connectivity index is 1.37. The number of carbonyl (C=O) groups is 2. The van der Waals surface area contributed by atoms with Crippen LogP contribution >= 0.6 is 0 Å². The molecule has 1 saturated carbocycles. The second kappa shape index (κ2) is 9.19. The Morgan fingerprint density at radius 3 is 2.31 bits per heavy atom. The molecule has 5 nitrogen and oxygen atoms in total. The van der Waals surface area contributed by atoms with Gasteiger partial charge in [-0.3, -0.25) is 4.79 Å². The first-order chi connectivity index (χ1) is 14.2.